The fourth-order valence-electron chi connectivity index (χ4n) is 2.16. The van der Waals surface area contributed by atoms with E-state index in [1.807, 2.05) is 83.0 Å². The van der Waals surface area contributed by atoms with Gasteiger partial charge < -0.3 is 0 Å². The topological polar surface area (TPSA) is 18.5 Å². The Morgan fingerprint density at radius 2 is 1.22 bits per heavy atom. The molecule has 3 aromatic carbocycles. The number of rotatable bonds is 4. The van der Waals surface area contributed by atoms with Crippen LogP contribution < -0.4 is 13.9 Å². The van der Waals surface area contributed by atoms with Gasteiger partial charge in [-0.25, -0.2) is 0 Å². The molecule has 0 spiro atoms. The fourth-order valence-corrected chi connectivity index (χ4v) is 14.9. The number of hydrogen-bond acceptors (Lipinski definition) is 3. The Labute approximate surface area is 149 Å². The molecule has 1 aliphatic rings. The van der Waals surface area contributed by atoms with Gasteiger partial charge in [0.05, 0.1) is 0 Å². The van der Waals surface area contributed by atoms with Crippen LogP contribution in [0.25, 0.3) is 0 Å². The third kappa shape index (κ3) is 3.45. The van der Waals surface area contributed by atoms with Crippen molar-refractivity contribution < 1.29 is 9.47 Å². The summed E-state index contributed by atoms with van der Waals surface area (Å²) >= 11 is 1.05. The zero-order chi connectivity index (χ0) is 15.5. The molecule has 1 aliphatic heterocycles. The molecule has 4 rings (SSSR count). The monoisotopic (exact) mass is 452 g/mol. The van der Waals surface area contributed by atoms with Gasteiger partial charge in [-0.15, -0.1) is 0 Å². The van der Waals surface area contributed by atoms with Crippen molar-refractivity contribution >= 4 is 39.8 Å². The first-order chi connectivity index (χ1) is 11.4. The molecule has 0 N–H and O–H groups in total. The molecule has 23 heavy (non-hydrogen) atoms. The van der Waals surface area contributed by atoms with E-state index in [1.54, 1.807) is 0 Å². The van der Waals surface area contributed by atoms with Gasteiger partial charge in [0.25, 0.3) is 0 Å². The van der Waals surface area contributed by atoms with Crippen molar-refractivity contribution in [2.45, 2.75) is 4.90 Å². The summed E-state index contributed by atoms with van der Waals surface area (Å²) < 4.78 is 13.5. The van der Waals surface area contributed by atoms with Crippen LogP contribution in [0, 0.1) is 0 Å². The summed E-state index contributed by atoms with van der Waals surface area (Å²) in [7, 11) is 1.92. The summed E-state index contributed by atoms with van der Waals surface area (Å²) in [5.74, 6) is 3.67. The molecule has 0 saturated carbocycles. The number of benzene rings is 3. The molecule has 0 amide bonds. The number of ether oxygens (including phenoxy) is 2. The zero-order valence-electron chi connectivity index (χ0n) is 12.0. The molecule has 0 aromatic heterocycles. The van der Waals surface area contributed by atoms with Crippen LogP contribution in [0.2, 0.25) is 0 Å². The number of hydrogen-bond donors (Lipinski definition) is 0. The summed E-state index contributed by atoms with van der Waals surface area (Å²) in [6.45, 7) is 0. The second kappa shape index (κ2) is 7.04. The summed E-state index contributed by atoms with van der Waals surface area (Å²) in [5, 5.41) is 0. The maximum absolute atomic E-state index is 6.08. The Morgan fingerprint density at radius 3 is 1.87 bits per heavy atom. The van der Waals surface area contributed by atoms with Crippen molar-refractivity contribution in [3.8, 4) is 23.0 Å². The Kier molecular flexibility index (Phi) is 4.65. The summed E-state index contributed by atoms with van der Waals surface area (Å²) in [4.78, 5) is 1.25. The van der Waals surface area contributed by atoms with Gasteiger partial charge in [0.2, 0.25) is 0 Å². The molecule has 0 saturated heterocycles. The Bertz CT molecular complexity index is 742. The van der Waals surface area contributed by atoms with E-state index < -0.39 is 0 Å². The number of para-hydroxylation sites is 2. The molecule has 0 atom stereocenters. The van der Waals surface area contributed by atoms with Gasteiger partial charge >= 0.3 is 150 Å². The molecule has 2 nitrogen and oxygen atoms in total. The van der Waals surface area contributed by atoms with E-state index in [-0.39, 0.29) is 0 Å². The van der Waals surface area contributed by atoms with Gasteiger partial charge in [0.15, 0.2) is 0 Å². The van der Waals surface area contributed by atoms with Gasteiger partial charge in [-0.1, -0.05) is 0 Å². The van der Waals surface area contributed by atoms with Crippen LogP contribution in [-0.2, 0) is 0 Å². The Hall–Kier alpha value is -1.35. The van der Waals surface area contributed by atoms with Crippen LogP contribution in [-0.4, -0.2) is 25.1 Å². The van der Waals surface area contributed by atoms with E-state index in [1.165, 1.54) is 9.36 Å². The summed E-state index contributed by atoms with van der Waals surface area (Å²) in [5.41, 5.74) is 0. The molecule has 1 heterocycles. The summed E-state index contributed by atoms with van der Waals surface area (Å²) in [6.07, 6.45) is 0. The third-order valence-electron chi connectivity index (χ3n) is 3.22. The van der Waals surface area contributed by atoms with Crippen molar-refractivity contribution in [3.63, 3.8) is 0 Å². The molecule has 3 aromatic rings. The van der Waals surface area contributed by atoms with E-state index in [2.05, 4.69) is 0 Å². The molecule has 0 fully saturated rings. The number of fused-ring (bicyclic) bond motifs is 1. The molecule has 0 unspecified atom stereocenters. The molecule has 0 bridgehead atoms. The standard InChI is InChI=1S/C18H12O2SSe2/c1-3-7-13(8-4-1)19-15-11-12-16(18-17(15)21-23-22-18)20-14-9-5-2-6-10-14/h1-12H. The van der Waals surface area contributed by atoms with Crippen LogP contribution in [0.4, 0.5) is 0 Å². The summed E-state index contributed by atoms with van der Waals surface area (Å²) in [6, 6.07) is 24.0. The second-order valence-electron chi connectivity index (χ2n) is 4.79. The van der Waals surface area contributed by atoms with Crippen molar-refractivity contribution in [2.75, 3.05) is 0 Å². The Balaban J connectivity index is 1.65. The first kappa shape index (κ1) is 15.2. The molecule has 5 heteroatoms. The van der Waals surface area contributed by atoms with Crippen LogP contribution in [0.1, 0.15) is 0 Å². The van der Waals surface area contributed by atoms with Crippen LogP contribution in [0.5, 0.6) is 23.0 Å². The fraction of sp³-hybridized carbons (Fsp3) is 0. The predicted octanol–water partition coefficient (Wildman–Crippen LogP) is 4.24. The van der Waals surface area contributed by atoms with E-state index in [0.29, 0.717) is 25.1 Å². The van der Waals surface area contributed by atoms with Gasteiger partial charge in [0.1, 0.15) is 0 Å². The first-order valence-corrected chi connectivity index (χ1v) is 15.1. The molecule has 114 valence electrons. The van der Waals surface area contributed by atoms with Crippen molar-refractivity contribution in [3.05, 3.63) is 72.8 Å². The van der Waals surface area contributed by atoms with E-state index in [9.17, 15) is 0 Å². The average Bonchev–Trinajstić information content (AvgIpc) is 3.09. The van der Waals surface area contributed by atoms with Crippen molar-refractivity contribution in [2.24, 2.45) is 0 Å². The maximum atomic E-state index is 6.08. The van der Waals surface area contributed by atoms with Crippen molar-refractivity contribution in [1.29, 1.82) is 0 Å². The molecular formula is C18H12O2SSe2. The van der Waals surface area contributed by atoms with E-state index >= 15 is 0 Å². The van der Waals surface area contributed by atoms with Gasteiger partial charge in [-0.3, -0.25) is 0 Å². The molecular weight excluding hydrogens is 438 g/mol. The normalized spacial score (nSPS) is 12.7. The molecule has 0 aliphatic carbocycles. The minimum absolute atomic E-state index is 0.479. The average molecular weight is 450 g/mol. The Morgan fingerprint density at radius 1 is 0.652 bits per heavy atom. The zero-order valence-corrected chi connectivity index (χ0v) is 16.2. The van der Waals surface area contributed by atoms with Crippen LogP contribution in [0.3, 0.4) is 0 Å². The van der Waals surface area contributed by atoms with Crippen LogP contribution in [0.15, 0.2) is 77.7 Å². The SMILES string of the molecule is c1ccc(Oc2ccc(Oc3ccccc3)c3c2S[Se][Se]3)cc1. The minimum atomic E-state index is 0.479. The third-order valence-corrected chi connectivity index (χ3v) is 13.6. The van der Waals surface area contributed by atoms with E-state index in [0.717, 1.165) is 23.0 Å². The van der Waals surface area contributed by atoms with Crippen molar-refractivity contribution in [1.82, 2.24) is 0 Å². The second-order valence-corrected chi connectivity index (χ2v) is 14.9. The van der Waals surface area contributed by atoms with Gasteiger partial charge in [0, 0.05) is 0 Å². The van der Waals surface area contributed by atoms with Crippen LogP contribution >= 0.6 is 10.2 Å². The molecule has 0 radical (unpaired) electrons. The van der Waals surface area contributed by atoms with E-state index in [4.69, 9.17) is 9.47 Å². The van der Waals surface area contributed by atoms with Gasteiger partial charge in [-0.2, -0.15) is 0 Å². The quantitative estimate of drug-likeness (QED) is 0.555. The predicted molar refractivity (Wildman–Crippen MR) is 96.5 cm³/mol. The first-order valence-electron chi connectivity index (χ1n) is 7.04. The van der Waals surface area contributed by atoms with Gasteiger partial charge in [-0.05, 0) is 0 Å².